The van der Waals surface area contributed by atoms with Gasteiger partial charge in [0.1, 0.15) is 10.8 Å². The molecule has 1 saturated heterocycles. The Hall–Kier alpha value is -2.58. The Morgan fingerprint density at radius 2 is 1.84 bits per heavy atom. The number of aromatic nitrogens is 2. The maximum absolute atomic E-state index is 6.51. The molecular weight excluding hydrogens is 509 g/mol. The second-order valence-corrected chi connectivity index (χ2v) is 9.44. The van der Waals surface area contributed by atoms with Gasteiger partial charge in [0.25, 0.3) is 0 Å². The number of rotatable bonds is 11. The molecule has 0 saturated carbocycles. The van der Waals surface area contributed by atoms with Crippen LogP contribution in [-0.2, 0) is 4.84 Å². The van der Waals surface area contributed by atoms with Crippen molar-refractivity contribution in [1.82, 2.24) is 14.9 Å². The van der Waals surface area contributed by atoms with Crippen LogP contribution in [0, 0.1) is 13.8 Å². The Morgan fingerprint density at radius 3 is 2.51 bits per heavy atom. The number of aryl methyl sites for hydroxylation is 2. The van der Waals surface area contributed by atoms with Crippen LogP contribution in [0.3, 0.4) is 0 Å². The highest BCUT2D eigenvalue weighted by Gasteiger charge is 2.30. The maximum Gasteiger partial charge on any atom is 0.229 e. The summed E-state index contributed by atoms with van der Waals surface area (Å²) >= 11 is 6.51. The van der Waals surface area contributed by atoms with E-state index in [1.807, 2.05) is 18.2 Å². The van der Waals surface area contributed by atoms with Crippen LogP contribution in [0.2, 0.25) is 5.02 Å². The fourth-order valence-corrected chi connectivity index (χ4v) is 4.78. The van der Waals surface area contributed by atoms with Crippen molar-refractivity contribution >= 4 is 41.5 Å². The van der Waals surface area contributed by atoms with Gasteiger partial charge in [-0.05, 0) is 62.2 Å². The normalized spacial score (nSPS) is 15.1. The van der Waals surface area contributed by atoms with Crippen LogP contribution in [0.4, 0.5) is 17.5 Å². The summed E-state index contributed by atoms with van der Waals surface area (Å²) in [5.74, 6) is 1.96. The van der Waals surface area contributed by atoms with Crippen molar-refractivity contribution in [2.24, 2.45) is 0 Å². The van der Waals surface area contributed by atoms with Gasteiger partial charge in [-0.25, -0.2) is 10.0 Å². The minimum absolute atomic E-state index is 0. The number of hydrogen-bond donors (Lipinski definition) is 1. The number of halogens is 2. The highest BCUT2D eigenvalue weighted by atomic mass is 35.5. The fraction of sp³-hybridized carbons (Fsp3) is 0.429. The van der Waals surface area contributed by atoms with Gasteiger partial charge < -0.3 is 15.0 Å². The zero-order valence-corrected chi connectivity index (χ0v) is 23.6. The molecule has 0 aliphatic carbocycles. The molecule has 37 heavy (non-hydrogen) atoms. The van der Waals surface area contributed by atoms with E-state index < -0.39 is 0 Å². The molecule has 1 aliphatic rings. The molecule has 0 radical (unpaired) electrons. The number of hydroxylamine groups is 1. The van der Waals surface area contributed by atoms with Gasteiger partial charge in [-0.1, -0.05) is 55.8 Å². The summed E-state index contributed by atoms with van der Waals surface area (Å²) in [6.07, 6.45) is 3.48. The van der Waals surface area contributed by atoms with Gasteiger partial charge in [0.2, 0.25) is 5.95 Å². The number of nitrogens with zero attached hydrogens (tertiary/aromatic N) is 4. The molecule has 1 atom stereocenters. The molecule has 2 aromatic carbocycles. The SMILES string of the molecule is CCN(CC)CCCOc1c(C)cc(Nc2ncc(Cl)c(N3OCC[C@H]3c3ccccc3)n2)cc1C.Cl. The molecule has 1 aliphatic heterocycles. The van der Waals surface area contributed by atoms with Crippen molar-refractivity contribution < 1.29 is 9.57 Å². The van der Waals surface area contributed by atoms with Crippen molar-refractivity contribution in [3.8, 4) is 5.75 Å². The summed E-state index contributed by atoms with van der Waals surface area (Å²) in [5, 5.41) is 5.58. The van der Waals surface area contributed by atoms with Crippen LogP contribution in [0.5, 0.6) is 5.75 Å². The van der Waals surface area contributed by atoms with Crippen LogP contribution < -0.4 is 15.1 Å². The third kappa shape index (κ3) is 7.26. The molecule has 0 bridgehead atoms. The maximum atomic E-state index is 6.51. The van der Waals surface area contributed by atoms with E-state index >= 15 is 0 Å². The lowest BCUT2D eigenvalue weighted by molar-refractivity contribution is 0.157. The third-order valence-electron chi connectivity index (χ3n) is 6.50. The van der Waals surface area contributed by atoms with Gasteiger partial charge in [0.05, 0.1) is 25.5 Å². The van der Waals surface area contributed by atoms with Crippen molar-refractivity contribution in [2.45, 2.75) is 46.6 Å². The molecule has 0 unspecified atom stereocenters. The van der Waals surface area contributed by atoms with Gasteiger partial charge >= 0.3 is 0 Å². The third-order valence-corrected chi connectivity index (χ3v) is 6.77. The Kier molecular flexibility index (Phi) is 10.8. The van der Waals surface area contributed by atoms with Crippen LogP contribution in [0.1, 0.15) is 49.4 Å². The number of hydrogen-bond acceptors (Lipinski definition) is 7. The van der Waals surface area contributed by atoms with Crippen LogP contribution >= 0.6 is 24.0 Å². The lowest BCUT2D eigenvalue weighted by atomic mass is 10.0. The first kappa shape index (κ1) is 29.0. The molecule has 3 aromatic rings. The monoisotopic (exact) mass is 545 g/mol. The molecular formula is C28H37Cl2N5O2. The molecule has 2 heterocycles. The minimum atomic E-state index is 0. The molecule has 4 rings (SSSR count). The second-order valence-electron chi connectivity index (χ2n) is 9.03. The van der Waals surface area contributed by atoms with Crippen molar-refractivity contribution in [3.63, 3.8) is 0 Å². The van der Waals surface area contributed by atoms with E-state index in [2.05, 4.69) is 67.2 Å². The molecule has 1 fully saturated rings. The Bertz CT molecular complexity index is 1120. The fourth-order valence-electron chi connectivity index (χ4n) is 4.61. The average Bonchev–Trinajstić information content (AvgIpc) is 3.37. The highest BCUT2D eigenvalue weighted by Crippen LogP contribution is 2.37. The number of ether oxygens (including phenoxy) is 1. The lowest BCUT2D eigenvalue weighted by Gasteiger charge is -2.24. The standard InChI is InChI=1S/C28H36ClN5O2.ClH/c1-5-33(6-2)14-10-15-35-26-20(3)17-23(18-21(26)4)31-28-30-19-24(29)27(32-28)34-25(13-16-36-34)22-11-8-7-9-12-22;/h7-9,11-12,17-19,25H,5-6,10,13-16H2,1-4H3,(H,30,31,32);1H/t25-;/m0./s1. The summed E-state index contributed by atoms with van der Waals surface area (Å²) in [7, 11) is 0. The summed E-state index contributed by atoms with van der Waals surface area (Å²) in [6.45, 7) is 13.0. The van der Waals surface area contributed by atoms with E-state index in [4.69, 9.17) is 26.2 Å². The van der Waals surface area contributed by atoms with E-state index in [1.54, 1.807) is 11.3 Å². The van der Waals surface area contributed by atoms with Gasteiger partial charge in [0, 0.05) is 18.7 Å². The second kappa shape index (κ2) is 13.8. The van der Waals surface area contributed by atoms with Crippen molar-refractivity contribution in [2.75, 3.05) is 43.2 Å². The molecule has 200 valence electrons. The van der Waals surface area contributed by atoms with Gasteiger partial charge in [-0.15, -0.1) is 12.4 Å². The first-order valence-corrected chi connectivity index (χ1v) is 13.1. The summed E-state index contributed by atoms with van der Waals surface area (Å²) < 4.78 is 6.14. The Morgan fingerprint density at radius 1 is 1.14 bits per heavy atom. The van der Waals surface area contributed by atoms with Crippen LogP contribution in [0.15, 0.2) is 48.7 Å². The topological polar surface area (TPSA) is 62.8 Å². The summed E-state index contributed by atoms with van der Waals surface area (Å²) in [4.78, 5) is 17.5. The zero-order valence-electron chi connectivity index (χ0n) is 22.0. The zero-order chi connectivity index (χ0) is 25.5. The molecule has 0 amide bonds. The van der Waals surface area contributed by atoms with Gasteiger partial charge in [0.15, 0.2) is 5.82 Å². The van der Waals surface area contributed by atoms with E-state index in [1.165, 1.54) is 0 Å². The molecule has 0 spiro atoms. The lowest BCUT2D eigenvalue weighted by Crippen LogP contribution is -2.25. The highest BCUT2D eigenvalue weighted by molar-refractivity contribution is 6.32. The molecule has 9 heteroatoms. The van der Waals surface area contributed by atoms with Crippen LogP contribution in [0.25, 0.3) is 0 Å². The Labute approximate surface area is 231 Å². The van der Waals surface area contributed by atoms with E-state index in [0.717, 1.165) is 60.6 Å². The van der Waals surface area contributed by atoms with E-state index in [0.29, 0.717) is 30.0 Å². The first-order valence-electron chi connectivity index (χ1n) is 12.7. The first-order chi connectivity index (χ1) is 17.5. The average molecular weight is 547 g/mol. The number of anilines is 3. The van der Waals surface area contributed by atoms with Crippen LogP contribution in [-0.4, -0.2) is 47.7 Å². The predicted molar refractivity (Wildman–Crippen MR) is 154 cm³/mol. The number of nitrogens with one attached hydrogen (secondary N) is 1. The molecule has 7 nitrogen and oxygen atoms in total. The Balaban J connectivity index is 0.00000380. The minimum Gasteiger partial charge on any atom is -0.493 e. The van der Waals surface area contributed by atoms with Gasteiger partial charge in [-0.3, -0.25) is 4.84 Å². The number of benzene rings is 2. The molecule has 1 aromatic heterocycles. The largest absolute Gasteiger partial charge is 0.493 e. The molecule has 1 N–H and O–H groups in total. The van der Waals surface area contributed by atoms with E-state index in [-0.39, 0.29) is 18.4 Å². The van der Waals surface area contributed by atoms with Crippen molar-refractivity contribution in [3.05, 3.63) is 70.4 Å². The quantitative estimate of drug-likeness (QED) is 0.262. The smallest absolute Gasteiger partial charge is 0.229 e. The van der Waals surface area contributed by atoms with Gasteiger partial charge in [-0.2, -0.15) is 4.98 Å². The predicted octanol–water partition coefficient (Wildman–Crippen LogP) is 6.91. The van der Waals surface area contributed by atoms with Crippen molar-refractivity contribution in [1.29, 1.82) is 0 Å². The van der Waals surface area contributed by atoms with E-state index in [9.17, 15) is 0 Å². The summed E-state index contributed by atoms with van der Waals surface area (Å²) in [5.41, 5.74) is 4.21. The summed E-state index contributed by atoms with van der Waals surface area (Å²) in [6, 6.07) is 14.4.